The van der Waals surface area contributed by atoms with Crippen molar-refractivity contribution in [2.45, 2.75) is 6.54 Å². The maximum Gasteiger partial charge on any atom is 0.337 e. The highest BCUT2D eigenvalue weighted by molar-refractivity contribution is 6.03. The van der Waals surface area contributed by atoms with Crippen LogP contribution in [0.3, 0.4) is 0 Å². The second-order valence-corrected chi connectivity index (χ2v) is 5.51. The fourth-order valence-corrected chi connectivity index (χ4v) is 2.29. The summed E-state index contributed by atoms with van der Waals surface area (Å²) in [6.07, 6.45) is 4.93. The fourth-order valence-electron chi connectivity index (χ4n) is 2.29. The number of nitrogens with zero attached hydrogens (tertiary/aromatic N) is 3. The molecule has 0 saturated heterocycles. The maximum atomic E-state index is 12.4. The van der Waals surface area contributed by atoms with Gasteiger partial charge in [-0.1, -0.05) is 12.1 Å². The van der Waals surface area contributed by atoms with E-state index in [1.807, 2.05) is 12.1 Å². The summed E-state index contributed by atoms with van der Waals surface area (Å²) in [5.74, 6) is -0.561. The van der Waals surface area contributed by atoms with Crippen molar-refractivity contribution in [2.75, 3.05) is 17.7 Å². The van der Waals surface area contributed by atoms with Crippen LogP contribution in [0.15, 0.2) is 61.1 Å². The second kappa shape index (κ2) is 8.52. The molecule has 0 bridgehead atoms. The smallest absolute Gasteiger partial charge is 0.337 e. The van der Waals surface area contributed by atoms with Gasteiger partial charge in [-0.05, 0) is 35.9 Å². The summed E-state index contributed by atoms with van der Waals surface area (Å²) in [5.41, 5.74) is 1.97. The molecule has 0 aliphatic rings. The van der Waals surface area contributed by atoms with Crippen LogP contribution in [0.25, 0.3) is 0 Å². The number of amides is 1. The highest BCUT2D eigenvalue weighted by Crippen LogP contribution is 2.13. The Hall–Kier alpha value is -3.81. The number of hydrogen-bond donors (Lipinski definition) is 2. The summed E-state index contributed by atoms with van der Waals surface area (Å²) in [4.78, 5) is 36.4. The monoisotopic (exact) mass is 363 g/mol. The minimum absolute atomic E-state index is 0.196. The van der Waals surface area contributed by atoms with Gasteiger partial charge in [0, 0.05) is 30.8 Å². The standard InChI is InChI=1S/C19H17N5O3/c1-27-18(26)14-5-2-6-15(10-14)23-17(25)16-7-9-21-19(24-16)22-12-13-4-3-8-20-11-13/h2-11H,12H2,1H3,(H,23,25)(H,21,22,24). The predicted molar refractivity (Wildman–Crippen MR) is 99.3 cm³/mol. The molecule has 1 aromatic carbocycles. The number of nitrogens with one attached hydrogen (secondary N) is 2. The van der Waals surface area contributed by atoms with Gasteiger partial charge in [0.2, 0.25) is 5.95 Å². The second-order valence-electron chi connectivity index (χ2n) is 5.51. The van der Waals surface area contributed by atoms with E-state index in [2.05, 4.69) is 30.3 Å². The van der Waals surface area contributed by atoms with Crippen LogP contribution < -0.4 is 10.6 Å². The number of aromatic nitrogens is 3. The molecular weight excluding hydrogens is 346 g/mol. The Bertz CT molecular complexity index is 947. The lowest BCUT2D eigenvalue weighted by molar-refractivity contribution is 0.0600. The average molecular weight is 363 g/mol. The number of benzene rings is 1. The summed E-state index contributed by atoms with van der Waals surface area (Å²) in [6.45, 7) is 0.486. The lowest BCUT2D eigenvalue weighted by Gasteiger charge is -2.08. The third-order valence-electron chi connectivity index (χ3n) is 3.60. The summed E-state index contributed by atoms with van der Waals surface area (Å²) in [7, 11) is 1.30. The minimum atomic E-state index is -0.477. The van der Waals surface area contributed by atoms with Crippen LogP contribution in [0, 0.1) is 0 Å². The Morgan fingerprint density at radius 2 is 2.00 bits per heavy atom. The van der Waals surface area contributed by atoms with Gasteiger partial charge in [-0.3, -0.25) is 9.78 Å². The topological polar surface area (TPSA) is 106 Å². The molecule has 136 valence electrons. The van der Waals surface area contributed by atoms with Crippen LogP contribution in [0.4, 0.5) is 11.6 Å². The van der Waals surface area contributed by atoms with Gasteiger partial charge in [0.25, 0.3) is 5.91 Å². The molecule has 0 aliphatic heterocycles. The van der Waals surface area contributed by atoms with Crippen molar-refractivity contribution in [3.63, 3.8) is 0 Å². The molecular formula is C19H17N5O3. The zero-order valence-electron chi connectivity index (χ0n) is 14.5. The number of pyridine rings is 1. The van der Waals surface area contributed by atoms with Gasteiger partial charge in [-0.2, -0.15) is 0 Å². The number of esters is 1. The number of methoxy groups -OCH3 is 1. The van der Waals surface area contributed by atoms with Gasteiger partial charge < -0.3 is 15.4 Å². The molecule has 2 heterocycles. The molecule has 0 fully saturated rings. The van der Waals surface area contributed by atoms with Crippen molar-refractivity contribution in [1.29, 1.82) is 0 Å². The van der Waals surface area contributed by atoms with E-state index < -0.39 is 11.9 Å². The number of anilines is 2. The van der Waals surface area contributed by atoms with Crippen molar-refractivity contribution in [3.8, 4) is 0 Å². The largest absolute Gasteiger partial charge is 0.465 e. The zero-order chi connectivity index (χ0) is 19.1. The molecule has 0 saturated carbocycles. The van der Waals surface area contributed by atoms with Gasteiger partial charge in [0.05, 0.1) is 12.7 Å². The zero-order valence-corrected chi connectivity index (χ0v) is 14.5. The number of rotatable bonds is 6. The van der Waals surface area contributed by atoms with Crippen LogP contribution in [0.1, 0.15) is 26.4 Å². The van der Waals surface area contributed by atoms with Crippen LogP contribution in [-0.2, 0) is 11.3 Å². The van der Waals surface area contributed by atoms with Crippen molar-refractivity contribution in [1.82, 2.24) is 15.0 Å². The van der Waals surface area contributed by atoms with Crippen LogP contribution in [0.5, 0.6) is 0 Å². The maximum absolute atomic E-state index is 12.4. The summed E-state index contributed by atoms with van der Waals surface area (Å²) >= 11 is 0. The molecule has 2 N–H and O–H groups in total. The molecule has 27 heavy (non-hydrogen) atoms. The molecule has 8 nitrogen and oxygen atoms in total. The molecule has 0 unspecified atom stereocenters. The Kier molecular flexibility index (Phi) is 5.68. The SMILES string of the molecule is COC(=O)c1cccc(NC(=O)c2ccnc(NCc3cccnc3)n2)c1. The lowest BCUT2D eigenvalue weighted by atomic mass is 10.2. The first kappa shape index (κ1) is 18.0. The van der Waals surface area contributed by atoms with E-state index in [0.717, 1.165) is 5.56 Å². The normalized spacial score (nSPS) is 10.1. The third kappa shape index (κ3) is 4.85. The van der Waals surface area contributed by atoms with Gasteiger partial charge in [-0.15, -0.1) is 0 Å². The Labute approximate surface area is 155 Å². The van der Waals surface area contributed by atoms with Gasteiger partial charge in [-0.25, -0.2) is 14.8 Å². The van der Waals surface area contributed by atoms with Crippen molar-refractivity contribution in [3.05, 3.63) is 77.9 Å². The minimum Gasteiger partial charge on any atom is -0.465 e. The quantitative estimate of drug-likeness (QED) is 0.648. The third-order valence-corrected chi connectivity index (χ3v) is 3.60. The summed E-state index contributed by atoms with van der Waals surface area (Å²) in [5, 5.41) is 5.75. The Balaban J connectivity index is 1.67. The molecule has 1 amide bonds. The number of carbonyl (C=O) groups excluding carboxylic acids is 2. The fraction of sp³-hybridized carbons (Fsp3) is 0.105. The first-order chi connectivity index (χ1) is 13.2. The molecule has 0 spiro atoms. The van der Waals surface area contributed by atoms with Crippen LogP contribution in [-0.4, -0.2) is 33.9 Å². The van der Waals surface area contributed by atoms with E-state index in [1.54, 1.807) is 30.6 Å². The molecule has 0 radical (unpaired) electrons. The first-order valence-electron chi connectivity index (χ1n) is 8.11. The van der Waals surface area contributed by atoms with Crippen molar-refractivity contribution in [2.24, 2.45) is 0 Å². The van der Waals surface area contributed by atoms with Crippen LogP contribution in [0.2, 0.25) is 0 Å². The molecule has 3 aromatic rings. The van der Waals surface area contributed by atoms with Gasteiger partial charge in [0.15, 0.2) is 0 Å². The highest BCUT2D eigenvalue weighted by Gasteiger charge is 2.11. The highest BCUT2D eigenvalue weighted by atomic mass is 16.5. The molecule has 8 heteroatoms. The van der Waals surface area contributed by atoms with E-state index in [0.29, 0.717) is 23.7 Å². The van der Waals surface area contributed by atoms with Crippen molar-refractivity contribution < 1.29 is 14.3 Å². The molecule has 2 aromatic heterocycles. The van der Waals surface area contributed by atoms with Gasteiger partial charge in [0.1, 0.15) is 5.69 Å². The number of carbonyl (C=O) groups is 2. The summed E-state index contributed by atoms with van der Waals surface area (Å²) < 4.78 is 4.68. The van der Waals surface area contributed by atoms with E-state index in [-0.39, 0.29) is 5.69 Å². The van der Waals surface area contributed by atoms with Crippen molar-refractivity contribution >= 4 is 23.5 Å². The predicted octanol–water partition coefficient (Wildman–Crippen LogP) is 2.52. The van der Waals surface area contributed by atoms with Gasteiger partial charge >= 0.3 is 5.97 Å². The van der Waals surface area contributed by atoms with E-state index in [1.165, 1.54) is 25.4 Å². The Morgan fingerprint density at radius 3 is 2.78 bits per heavy atom. The van der Waals surface area contributed by atoms with E-state index in [9.17, 15) is 9.59 Å². The first-order valence-corrected chi connectivity index (χ1v) is 8.11. The molecule has 3 rings (SSSR count). The van der Waals surface area contributed by atoms with E-state index in [4.69, 9.17) is 0 Å². The number of hydrogen-bond acceptors (Lipinski definition) is 7. The number of ether oxygens (including phenoxy) is 1. The van der Waals surface area contributed by atoms with E-state index >= 15 is 0 Å². The Morgan fingerprint density at radius 1 is 1.11 bits per heavy atom. The average Bonchev–Trinajstić information content (AvgIpc) is 2.73. The molecule has 0 atom stereocenters. The molecule has 0 aliphatic carbocycles. The van der Waals surface area contributed by atoms with Crippen LogP contribution >= 0.6 is 0 Å². The lowest BCUT2D eigenvalue weighted by Crippen LogP contribution is -2.15. The summed E-state index contributed by atoms with van der Waals surface area (Å²) in [6, 6.07) is 11.7.